The molecule has 0 fully saturated rings. The van der Waals surface area contributed by atoms with E-state index < -0.39 is 10.0 Å². The fourth-order valence-corrected chi connectivity index (χ4v) is 6.02. The second-order valence-corrected chi connectivity index (χ2v) is 11.9. The molecule has 0 bridgehead atoms. The molecule has 1 amide bonds. The Morgan fingerprint density at radius 2 is 1.61 bits per heavy atom. The van der Waals surface area contributed by atoms with Gasteiger partial charge in [0, 0.05) is 21.2 Å². The first-order valence-electron chi connectivity index (χ1n) is 12.1. The number of benzene rings is 3. The number of rotatable bonds is 8. The Morgan fingerprint density at radius 3 is 2.22 bits per heavy atom. The van der Waals surface area contributed by atoms with Crippen molar-refractivity contribution in [3.05, 3.63) is 98.5 Å². The van der Waals surface area contributed by atoms with Gasteiger partial charge in [0.15, 0.2) is 0 Å². The van der Waals surface area contributed by atoms with Gasteiger partial charge in [-0.25, -0.2) is 8.42 Å². The number of anilines is 1. The molecule has 1 N–H and O–H groups in total. The van der Waals surface area contributed by atoms with E-state index in [-0.39, 0.29) is 18.5 Å². The van der Waals surface area contributed by atoms with Gasteiger partial charge in [0.05, 0.1) is 24.5 Å². The van der Waals surface area contributed by atoms with Gasteiger partial charge in [0.1, 0.15) is 0 Å². The van der Waals surface area contributed by atoms with Crippen molar-refractivity contribution >= 4 is 44.8 Å². The molecule has 0 saturated carbocycles. The molecule has 1 aliphatic carbocycles. The zero-order chi connectivity index (χ0) is 25.9. The standard InChI is InChI=1S/C28H30Cl2N2O3S/c1-3-27(22-12-11-19-7-4-5-8-21(19)17-22)31-28(33)20-13-15-23(16-14-20)32(36(2,34)35)18-24-25(29)9-6-10-26(24)30/h6,9-17,27H,3-5,7-8,18H2,1-2H3,(H,31,33)/t27-/m1/s1. The summed E-state index contributed by atoms with van der Waals surface area (Å²) in [4.78, 5) is 13.1. The van der Waals surface area contributed by atoms with Gasteiger partial charge in [-0.1, -0.05) is 54.4 Å². The zero-order valence-electron chi connectivity index (χ0n) is 20.4. The van der Waals surface area contributed by atoms with Gasteiger partial charge >= 0.3 is 0 Å². The Balaban J connectivity index is 1.52. The maximum absolute atomic E-state index is 13.1. The van der Waals surface area contributed by atoms with Crippen LogP contribution in [0.25, 0.3) is 0 Å². The molecule has 8 heteroatoms. The number of amides is 1. The van der Waals surface area contributed by atoms with Crippen LogP contribution in [0.15, 0.2) is 60.7 Å². The average molecular weight is 546 g/mol. The molecule has 0 heterocycles. The van der Waals surface area contributed by atoms with Gasteiger partial charge in [-0.3, -0.25) is 9.10 Å². The first-order chi connectivity index (χ1) is 17.2. The highest BCUT2D eigenvalue weighted by Gasteiger charge is 2.22. The van der Waals surface area contributed by atoms with Crippen molar-refractivity contribution in [1.82, 2.24) is 5.32 Å². The molecule has 36 heavy (non-hydrogen) atoms. The molecule has 0 unspecified atom stereocenters. The molecule has 1 aliphatic rings. The van der Waals surface area contributed by atoms with Gasteiger partial charge in [0.25, 0.3) is 5.91 Å². The smallest absolute Gasteiger partial charge is 0.251 e. The third kappa shape index (κ3) is 6.05. The highest BCUT2D eigenvalue weighted by Crippen LogP contribution is 2.30. The maximum atomic E-state index is 13.1. The monoisotopic (exact) mass is 544 g/mol. The number of hydrogen-bond donors (Lipinski definition) is 1. The largest absolute Gasteiger partial charge is 0.345 e. The van der Waals surface area contributed by atoms with Gasteiger partial charge in [-0.2, -0.15) is 0 Å². The predicted molar refractivity (Wildman–Crippen MR) is 148 cm³/mol. The lowest BCUT2D eigenvalue weighted by atomic mass is 9.88. The Morgan fingerprint density at radius 1 is 0.972 bits per heavy atom. The van der Waals surface area contributed by atoms with Crippen molar-refractivity contribution in [2.24, 2.45) is 0 Å². The molecular formula is C28H30Cl2N2O3S. The molecule has 0 saturated heterocycles. The van der Waals surface area contributed by atoms with E-state index in [1.807, 2.05) is 0 Å². The lowest BCUT2D eigenvalue weighted by Gasteiger charge is -2.24. The van der Waals surface area contributed by atoms with Crippen LogP contribution in [0.5, 0.6) is 0 Å². The molecule has 0 aromatic heterocycles. The Labute approximate surface area is 223 Å². The van der Waals surface area contributed by atoms with Crippen LogP contribution in [0.1, 0.15) is 64.8 Å². The molecule has 0 aliphatic heterocycles. The minimum absolute atomic E-state index is 0.0148. The minimum atomic E-state index is -3.63. The summed E-state index contributed by atoms with van der Waals surface area (Å²) < 4.78 is 26.4. The van der Waals surface area contributed by atoms with Crippen molar-refractivity contribution < 1.29 is 13.2 Å². The quantitative estimate of drug-likeness (QED) is 0.342. The number of fused-ring (bicyclic) bond motifs is 1. The second-order valence-electron chi connectivity index (χ2n) is 9.19. The van der Waals surface area contributed by atoms with Crippen molar-refractivity contribution in [3.8, 4) is 0 Å². The van der Waals surface area contributed by atoms with Crippen LogP contribution in [0.2, 0.25) is 10.0 Å². The molecular weight excluding hydrogens is 515 g/mol. The summed E-state index contributed by atoms with van der Waals surface area (Å²) in [5.41, 5.74) is 5.31. The maximum Gasteiger partial charge on any atom is 0.251 e. The van der Waals surface area contributed by atoms with Gasteiger partial charge in [-0.05, 0) is 85.2 Å². The van der Waals surface area contributed by atoms with E-state index >= 15 is 0 Å². The van der Waals surface area contributed by atoms with Crippen molar-refractivity contribution in [1.29, 1.82) is 0 Å². The van der Waals surface area contributed by atoms with Gasteiger partial charge in [0.2, 0.25) is 10.0 Å². The third-order valence-corrected chi connectivity index (χ3v) is 8.52. The average Bonchev–Trinajstić information content (AvgIpc) is 2.86. The predicted octanol–water partition coefficient (Wildman–Crippen LogP) is 6.72. The number of nitrogens with zero attached hydrogens (tertiary/aromatic N) is 1. The Kier molecular flexibility index (Phi) is 8.28. The van der Waals surface area contributed by atoms with Crippen LogP contribution in [-0.2, 0) is 29.4 Å². The molecule has 5 nitrogen and oxygen atoms in total. The number of carbonyl (C=O) groups is 1. The number of nitrogens with one attached hydrogen (secondary N) is 1. The highest BCUT2D eigenvalue weighted by atomic mass is 35.5. The summed E-state index contributed by atoms with van der Waals surface area (Å²) >= 11 is 12.5. The number of sulfonamides is 1. The van der Waals surface area contributed by atoms with Crippen LogP contribution in [0.4, 0.5) is 5.69 Å². The molecule has 0 spiro atoms. The Hall–Kier alpha value is -2.54. The SMILES string of the molecule is CC[C@@H](NC(=O)c1ccc(N(Cc2c(Cl)cccc2Cl)S(C)(=O)=O)cc1)c1ccc2c(c1)CCCC2. The lowest BCUT2D eigenvalue weighted by Crippen LogP contribution is -2.30. The van der Waals surface area contributed by atoms with Crippen molar-refractivity contribution in [2.75, 3.05) is 10.6 Å². The van der Waals surface area contributed by atoms with Crippen LogP contribution in [0, 0.1) is 0 Å². The van der Waals surface area contributed by atoms with E-state index in [9.17, 15) is 13.2 Å². The van der Waals surface area contributed by atoms with Gasteiger partial charge < -0.3 is 5.32 Å². The van der Waals surface area contributed by atoms with Crippen molar-refractivity contribution in [2.45, 2.75) is 51.6 Å². The van der Waals surface area contributed by atoms with Gasteiger partial charge in [-0.15, -0.1) is 0 Å². The van der Waals surface area contributed by atoms with Crippen LogP contribution in [-0.4, -0.2) is 20.6 Å². The normalized spacial score (nSPS) is 14.1. The van der Waals surface area contributed by atoms with Crippen LogP contribution < -0.4 is 9.62 Å². The molecule has 3 aromatic rings. The highest BCUT2D eigenvalue weighted by molar-refractivity contribution is 7.92. The molecule has 3 aromatic carbocycles. The summed E-state index contributed by atoms with van der Waals surface area (Å²) in [6.45, 7) is 2.04. The molecule has 190 valence electrons. The third-order valence-electron chi connectivity index (χ3n) is 6.67. The fraction of sp³-hybridized carbons (Fsp3) is 0.321. The van der Waals surface area contributed by atoms with E-state index in [0.717, 1.165) is 31.1 Å². The van der Waals surface area contributed by atoms with E-state index in [4.69, 9.17) is 23.2 Å². The first-order valence-corrected chi connectivity index (χ1v) is 14.7. The number of hydrogen-bond acceptors (Lipinski definition) is 3. The summed E-state index contributed by atoms with van der Waals surface area (Å²) in [7, 11) is -3.63. The number of aryl methyl sites for hydroxylation is 2. The first kappa shape index (κ1) is 26.5. The lowest BCUT2D eigenvalue weighted by molar-refractivity contribution is 0.0935. The number of carbonyl (C=O) groups excluding carboxylic acids is 1. The Bertz CT molecular complexity index is 1340. The van der Waals surface area contributed by atoms with Crippen molar-refractivity contribution in [3.63, 3.8) is 0 Å². The summed E-state index contributed by atoms with van der Waals surface area (Å²) in [5, 5.41) is 3.91. The number of halogens is 2. The summed E-state index contributed by atoms with van der Waals surface area (Å²) in [5.74, 6) is -0.203. The zero-order valence-corrected chi connectivity index (χ0v) is 22.8. The topological polar surface area (TPSA) is 66.5 Å². The summed E-state index contributed by atoms with van der Waals surface area (Å²) in [6, 6.07) is 18.0. The van der Waals surface area contributed by atoms with E-state index in [2.05, 4.69) is 30.4 Å². The minimum Gasteiger partial charge on any atom is -0.345 e. The van der Waals surface area contributed by atoms with E-state index in [1.165, 1.54) is 28.3 Å². The van der Waals surface area contributed by atoms with E-state index in [1.54, 1.807) is 42.5 Å². The molecule has 1 atom stereocenters. The second kappa shape index (κ2) is 11.2. The fourth-order valence-electron chi connectivity index (χ4n) is 4.64. The van der Waals surface area contributed by atoms with Crippen LogP contribution >= 0.6 is 23.2 Å². The molecule has 0 radical (unpaired) electrons. The van der Waals surface area contributed by atoms with E-state index in [0.29, 0.717) is 26.9 Å². The van der Waals surface area contributed by atoms with Crippen LogP contribution in [0.3, 0.4) is 0 Å². The summed E-state index contributed by atoms with van der Waals surface area (Å²) in [6.07, 6.45) is 6.55. The molecule has 4 rings (SSSR count).